The lowest BCUT2D eigenvalue weighted by molar-refractivity contribution is 0.415. The summed E-state index contributed by atoms with van der Waals surface area (Å²) in [5.41, 5.74) is 5.89. The minimum Gasteiger partial charge on any atom is -0.497 e. The maximum atomic E-state index is 5.17. The van der Waals surface area contributed by atoms with Gasteiger partial charge in [0.05, 0.1) is 13.3 Å². The van der Waals surface area contributed by atoms with E-state index in [4.69, 9.17) is 17.0 Å². The molecular weight excluding hydrogens is 282 g/mol. The van der Waals surface area contributed by atoms with Crippen LogP contribution in [0.5, 0.6) is 5.75 Å². The summed E-state index contributed by atoms with van der Waals surface area (Å²) in [5, 5.41) is 7.57. The molecule has 0 radical (unpaired) electrons. The van der Waals surface area contributed by atoms with Gasteiger partial charge in [-0.05, 0) is 49.0 Å². The first-order valence-corrected chi connectivity index (χ1v) is 6.89. The predicted octanol–water partition coefficient (Wildman–Crippen LogP) is 3.32. The lowest BCUT2D eigenvalue weighted by Crippen LogP contribution is -2.23. The summed E-state index contributed by atoms with van der Waals surface area (Å²) in [4.78, 5) is 0. The lowest BCUT2D eigenvalue weighted by Gasteiger charge is -2.07. The van der Waals surface area contributed by atoms with E-state index in [1.807, 2.05) is 55.5 Å². The highest BCUT2D eigenvalue weighted by molar-refractivity contribution is 7.80. The van der Waals surface area contributed by atoms with E-state index in [-0.39, 0.29) is 0 Å². The summed E-state index contributed by atoms with van der Waals surface area (Å²) in [6.45, 7) is 2.05. The first-order valence-electron chi connectivity index (χ1n) is 6.48. The van der Waals surface area contributed by atoms with Gasteiger partial charge in [0.25, 0.3) is 0 Å². The fourth-order valence-corrected chi connectivity index (χ4v) is 1.82. The van der Waals surface area contributed by atoms with Crippen molar-refractivity contribution >= 4 is 29.2 Å². The Morgan fingerprint density at radius 3 is 2.38 bits per heavy atom. The molecule has 0 unspecified atom stereocenters. The quantitative estimate of drug-likeness (QED) is 0.516. The summed E-state index contributed by atoms with van der Waals surface area (Å²) in [7, 11) is 1.63. The van der Waals surface area contributed by atoms with Gasteiger partial charge in [0.2, 0.25) is 0 Å². The van der Waals surface area contributed by atoms with Crippen LogP contribution >= 0.6 is 12.2 Å². The number of hydrogen-bond acceptors (Lipinski definition) is 3. The van der Waals surface area contributed by atoms with Gasteiger partial charge in [0.15, 0.2) is 5.11 Å². The molecule has 0 fully saturated rings. The van der Waals surface area contributed by atoms with Gasteiger partial charge in [0.1, 0.15) is 5.75 Å². The number of nitrogens with zero attached hydrogens (tertiary/aromatic N) is 1. The van der Waals surface area contributed by atoms with Crippen LogP contribution in [0, 0.1) is 6.92 Å². The van der Waals surface area contributed by atoms with Crippen molar-refractivity contribution in [2.75, 3.05) is 12.4 Å². The van der Waals surface area contributed by atoms with Crippen LogP contribution < -0.4 is 15.5 Å². The molecule has 0 aliphatic rings. The second-order valence-electron chi connectivity index (χ2n) is 4.46. The van der Waals surface area contributed by atoms with Crippen molar-refractivity contribution in [1.82, 2.24) is 5.43 Å². The van der Waals surface area contributed by atoms with Gasteiger partial charge in [-0.2, -0.15) is 5.10 Å². The molecule has 108 valence electrons. The monoisotopic (exact) mass is 299 g/mol. The van der Waals surface area contributed by atoms with Crippen molar-refractivity contribution < 1.29 is 4.74 Å². The topological polar surface area (TPSA) is 45.6 Å². The molecule has 0 aliphatic heterocycles. The molecule has 0 aromatic heterocycles. The molecule has 0 spiro atoms. The Balaban J connectivity index is 1.85. The summed E-state index contributed by atoms with van der Waals surface area (Å²) >= 11 is 5.17. The molecule has 5 heteroatoms. The third-order valence-electron chi connectivity index (χ3n) is 2.80. The van der Waals surface area contributed by atoms with Crippen molar-refractivity contribution in [3.63, 3.8) is 0 Å². The SMILES string of the molecule is COc1ccc(NC(=S)NN=Cc2ccc(C)cc2)cc1. The Bertz CT molecular complexity index is 621. The first-order chi connectivity index (χ1) is 10.2. The number of hydrogen-bond donors (Lipinski definition) is 2. The Morgan fingerprint density at radius 1 is 1.10 bits per heavy atom. The van der Waals surface area contributed by atoms with Crippen LogP contribution in [-0.4, -0.2) is 18.4 Å². The number of hydrazone groups is 1. The molecule has 0 saturated heterocycles. The molecule has 0 heterocycles. The van der Waals surface area contributed by atoms with Crippen LogP contribution in [0.25, 0.3) is 0 Å². The van der Waals surface area contributed by atoms with E-state index in [9.17, 15) is 0 Å². The number of ether oxygens (including phenoxy) is 1. The van der Waals surface area contributed by atoms with E-state index in [0.29, 0.717) is 5.11 Å². The fraction of sp³-hybridized carbons (Fsp3) is 0.125. The van der Waals surface area contributed by atoms with Crippen molar-refractivity contribution in [3.8, 4) is 5.75 Å². The van der Waals surface area contributed by atoms with Gasteiger partial charge < -0.3 is 10.1 Å². The average Bonchev–Trinajstić information content (AvgIpc) is 2.50. The van der Waals surface area contributed by atoms with E-state index in [1.54, 1.807) is 13.3 Å². The number of rotatable bonds is 4. The third kappa shape index (κ3) is 4.89. The normalized spacial score (nSPS) is 10.4. The van der Waals surface area contributed by atoms with E-state index >= 15 is 0 Å². The van der Waals surface area contributed by atoms with Crippen LogP contribution in [-0.2, 0) is 0 Å². The molecule has 0 saturated carbocycles. The van der Waals surface area contributed by atoms with Crippen molar-refractivity contribution in [2.24, 2.45) is 5.10 Å². The van der Waals surface area contributed by atoms with Crippen molar-refractivity contribution in [3.05, 3.63) is 59.7 Å². The highest BCUT2D eigenvalue weighted by atomic mass is 32.1. The van der Waals surface area contributed by atoms with E-state index in [2.05, 4.69) is 15.8 Å². The molecule has 0 aliphatic carbocycles. The van der Waals surface area contributed by atoms with Crippen molar-refractivity contribution in [1.29, 1.82) is 0 Å². The number of aryl methyl sites for hydroxylation is 1. The summed E-state index contributed by atoms with van der Waals surface area (Å²) < 4.78 is 5.10. The highest BCUT2D eigenvalue weighted by Crippen LogP contribution is 2.14. The molecule has 2 N–H and O–H groups in total. The predicted molar refractivity (Wildman–Crippen MR) is 91.1 cm³/mol. The average molecular weight is 299 g/mol. The van der Waals surface area contributed by atoms with E-state index in [0.717, 1.165) is 17.0 Å². The van der Waals surface area contributed by atoms with E-state index in [1.165, 1.54) is 5.56 Å². The Hall–Kier alpha value is -2.40. The minimum atomic E-state index is 0.434. The van der Waals surface area contributed by atoms with Gasteiger partial charge in [-0.25, -0.2) is 0 Å². The fourth-order valence-electron chi connectivity index (χ4n) is 1.65. The molecule has 0 atom stereocenters. The first kappa shape index (κ1) is 15.0. The number of thiocarbonyl (C=S) groups is 1. The van der Waals surface area contributed by atoms with Gasteiger partial charge in [-0.3, -0.25) is 5.43 Å². The zero-order valence-electron chi connectivity index (χ0n) is 12.0. The van der Waals surface area contributed by atoms with Crippen LogP contribution in [0.3, 0.4) is 0 Å². The lowest BCUT2D eigenvalue weighted by atomic mass is 10.2. The van der Waals surface area contributed by atoms with Gasteiger partial charge in [0, 0.05) is 5.69 Å². The molecule has 2 aromatic carbocycles. The zero-order chi connectivity index (χ0) is 15.1. The highest BCUT2D eigenvalue weighted by Gasteiger charge is 1.96. The van der Waals surface area contributed by atoms with Crippen LogP contribution in [0.4, 0.5) is 5.69 Å². The van der Waals surface area contributed by atoms with Crippen LogP contribution in [0.15, 0.2) is 53.6 Å². The molecule has 0 bridgehead atoms. The van der Waals surface area contributed by atoms with Gasteiger partial charge in [-0.15, -0.1) is 0 Å². The van der Waals surface area contributed by atoms with Crippen LogP contribution in [0.1, 0.15) is 11.1 Å². The Morgan fingerprint density at radius 2 is 1.76 bits per heavy atom. The second-order valence-corrected chi connectivity index (χ2v) is 4.87. The number of nitrogens with one attached hydrogen (secondary N) is 2. The number of benzene rings is 2. The van der Waals surface area contributed by atoms with Gasteiger partial charge >= 0.3 is 0 Å². The summed E-state index contributed by atoms with van der Waals surface area (Å²) in [5.74, 6) is 0.803. The smallest absolute Gasteiger partial charge is 0.191 e. The van der Waals surface area contributed by atoms with Crippen LogP contribution in [0.2, 0.25) is 0 Å². The molecule has 0 amide bonds. The molecule has 2 rings (SSSR count). The zero-order valence-corrected chi connectivity index (χ0v) is 12.8. The standard InChI is InChI=1S/C16H17N3OS/c1-12-3-5-13(6-4-12)11-17-19-16(21)18-14-7-9-15(20-2)10-8-14/h3-11H,1-2H3,(H2,18,19,21). The summed E-state index contributed by atoms with van der Waals surface area (Å²) in [6.07, 6.45) is 1.72. The van der Waals surface area contributed by atoms with Gasteiger partial charge in [-0.1, -0.05) is 29.8 Å². The number of anilines is 1. The summed E-state index contributed by atoms with van der Waals surface area (Å²) in [6, 6.07) is 15.6. The second kappa shape index (κ2) is 7.40. The molecule has 21 heavy (non-hydrogen) atoms. The Kier molecular flexibility index (Phi) is 5.29. The Labute approximate surface area is 129 Å². The third-order valence-corrected chi connectivity index (χ3v) is 3.00. The van der Waals surface area contributed by atoms with E-state index < -0.39 is 0 Å². The molecular formula is C16H17N3OS. The minimum absolute atomic E-state index is 0.434. The number of methoxy groups -OCH3 is 1. The molecule has 4 nitrogen and oxygen atoms in total. The maximum Gasteiger partial charge on any atom is 0.191 e. The molecule has 2 aromatic rings. The largest absolute Gasteiger partial charge is 0.497 e. The maximum absolute atomic E-state index is 5.17. The van der Waals surface area contributed by atoms with Crippen molar-refractivity contribution in [2.45, 2.75) is 6.92 Å².